The molecule has 10 heteroatoms. The van der Waals surface area contributed by atoms with Gasteiger partial charge in [-0.1, -0.05) is 0 Å². The van der Waals surface area contributed by atoms with Crippen molar-refractivity contribution in [2.75, 3.05) is 18.0 Å². The summed E-state index contributed by atoms with van der Waals surface area (Å²) in [5.41, 5.74) is 7.03. The van der Waals surface area contributed by atoms with Crippen molar-refractivity contribution in [1.29, 1.82) is 0 Å². The molecule has 2 unspecified atom stereocenters. The van der Waals surface area contributed by atoms with Crippen LogP contribution in [0.15, 0.2) is 28.1 Å². The largest absolute Gasteiger partial charge is 0.444 e. The molecule has 3 fully saturated rings. The highest BCUT2D eigenvalue weighted by Crippen LogP contribution is 2.39. The number of amides is 2. The molecule has 3 aliphatic heterocycles. The van der Waals surface area contributed by atoms with Gasteiger partial charge < -0.3 is 19.8 Å². The number of benzene rings is 1. The van der Waals surface area contributed by atoms with E-state index < -0.39 is 11.5 Å². The summed E-state index contributed by atoms with van der Waals surface area (Å²) in [6, 6.07) is 3.94. The van der Waals surface area contributed by atoms with Crippen molar-refractivity contribution in [3.8, 4) is 10.6 Å². The first-order valence-corrected chi connectivity index (χ1v) is 11.0. The number of piperidine rings is 1. The number of aromatic nitrogens is 2. The van der Waals surface area contributed by atoms with Crippen molar-refractivity contribution in [3.05, 3.63) is 29.3 Å². The number of thiazole rings is 1. The average molecular weight is 442 g/mol. The number of oxazole rings is 1. The van der Waals surface area contributed by atoms with Crippen molar-refractivity contribution in [3.63, 3.8) is 0 Å². The predicted octanol–water partition coefficient (Wildman–Crippen LogP) is 3.25. The highest BCUT2D eigenvalue weighted by atomic mass is 32.1. The van der Waals surface area contributed by atoms with E-state index in [0.29, 0.717) is 35.8 Å². The molecular weight excluding hydrogens is 418 g/mol. The molecule has 3 aromatic rings. The number of carbonyl (C=O) groups is 2. The molecule has 3 saturated heterocycles. The van der Waals surface area contributed by atoms with Gasteiger partial charge in [-0.05, 0) is 39.3 Å². The van der Waals surface area contributed by atoms with Crippen LogP contribution in [0, 0.1) is 0 Å². The Labute approximate surface area is 182 Å². The van der Waals surface area contributed by atoms with E-state index in [0.717, 1.165) is 17.0 Å². The number of primary amides is 1. The minimum Gasteiger partial charge on any atom is -0.444 e. The van der Waals surface area contributed by atoms with E-state index in [2.05, 4.69) is 9.97 Å². The van der Waals surface area contributed by atoms with Crippen LogP contribution in [0.5, 0.6) is 0 Å². The molecule has 31 heavy (non-hydrogen) atoms. The van der Waals surface area contributed by atoms with Gasteiger partial charge in [-0.15, -0.1) is 11.3 Å². The quantitative estimate of drug-likeness (QED) is 0.663. The fourth-order valence-corrected chi connectivity index (χ4v) is 4.89. The lowest BCUT2D eigenvalue weighted by Crippen LogP contribution is -2.70. The van der Waals surface area contributed by atoms with Crippen LogP contribution in [-0.4, -0.2) is 57.6 Å². The maximum Gasteiger partial charge on any atom is 0.410 e. The van der Waals surface area contributed by atoms with Gasteiger partial charge in [0.1, 0.15) is 16.1 Å². The fourth-order valence-electron chi connectivity index (χ4n) is 4.23. The van der Waals surface area contributed by atoms with Gasteiger partial charge in [0.15, 0.2) is 5.58 Å². The van der Waals surface area contributed by atoms with E-state index >= 15 is 0 Å². The molecule has 2 N–H and O–H groups in total. The lowest BCUT2D eigenvalue weighted by Gasteiger charge is -2.55. The van der Waals surface area contributed by atoms with Gasteiger partial charge in [0, 0.05) is 24.7 Å². The van der Waals surface area contributed by atoms with Crippen molar-refractivity contribution < 1.29 is 18.7 Å². The lowest BCUT2D eigenvalue weighted by molar-refractivity contribution is -0.0386. The summed E-state index contributed by atoms with van der Waals surface area (Å²) < 4.78 is 11.7. The smallest absolute Gasteiger partial charge is 0.410 e. The molecule has 2 amide bonds. The van der Waals surface area contributed by atoms with Crippen LogP contribution in [0.1, 0.15) is 37.6 Å². The summed E-state index contributed by atoms with van der Waals surface area (Å²) in [6.45, 7) is 6.76. The molecular formula is C21H23N5O4S. The molecule has 0 saturated carbocycles. The van der Waals surface area contributed by atoms with Gasteiger partial charge in [-0.25, -0.2) is 9.78 Å². The zero-order valence-electron chi connectivity index (χ0n) is 17.5. The Morgan fingerprint density at radius 1 is 1.26 bits per heavy atom. The molecule has 2 bridgehead atoms. The van der Waals surface area contributed by atoms with Gasteiger partial charge in [0.05, 0.1) is 23.2 Å². The van der Waals surface area contributed by atoms with Crippen LogP contribution in [-0.2, 0) is 4.74 Å². The minimum absolute atomic E-state index is 0.0395. The third kappa shape index (κ3) is 3.40. The molecule has 162 valence electrons. The number of anilines is 1. The zero-order valence-corrected chi connectivity index (χ0v) is 18.3. The Morgan fingerprint density at radius 2 is 2.00 bits per heavy atom. The molecule has 6 rings (SSSR count). The van der Waals surface area contributed by atoms with Crippen LogP contribution in [0.25, 0.3) is 21.7 Å². The highest BCUT2D eigenvalue weighted by Gasteiger charge is 2.49. The number of carbonyl (C=O) groups excluding carboxylic acids is 2. The van der Waals surface area contributed by atoms with Crippen LogP contribution < -0.4 is 10.6 Å². The van der Waals surface area contributed by atoms with E-state index in [4.69, 9.17) is 14.9 Å². The third-order valence-corrected chi connectivity index (χ3v) is 6.33. The normalized spacial score (nSPS) is 20.6. The Kier molecular flexibility index (Phi) is 4.44. The highest BCUT2D eigenvalue weighted by molar-refractivity contribution is 7.13. The van der Waals surface area contributed by atoms with Crippen molar-refractivity contribution in [2.24, 2.45) is 5.73 Å². The average Bonchev–Trinajstić information content (AvgIpc) is 3.35. The van der Waals surface area contributed by atoms with Crippen molar-refractivity contribution >= 4 is 40.5 Å². The molecule has 2 aromatic heterocycles. The van der Waals surface area contributed by atoms with Crippen LogP contribution in [0.2, 0.25) is 0 Å². The summed E-state index contributed by atoms with van der Waals surface area (Å²) in [6.07, 6.45) is 2.36. The summed E-state index contributed by atoms with van der Waals surface area (Å²) in [4.78, 5) is 37.3. The fraction of sp³-hybridized carbons (Fsp3) is 0.429. The van der Waals surface area contributed by atoms with Crippen LogP contribution in [0.4, 0.5) is 10.8 Å². The number of piperazine rings is 1. The second-order valence-corrected chi connectivity index (χ2v) is 9.77. The van der Waals surface area contributed by atoms with E-state index in [1.807, 2.05) is 31.1 Å². The summed E-state index contributed by atoms with van der Waals surface area (Å²) >= 11 is 1.48. The van der Waals surface area contributed by atoms with Crippen molar-refractivity contribution in [1.82, 2.24) is 14.9 Å². The van der Waals surface area contributed by atoms with E-state index in [1.54, 1.807) is 23.2 Å². The molecule has 2 atom stereocenters. The number of nitrogens with zero attached hydrogens (tertiary/aromatic N) is 4. The summed E-state index contributed by atoms with van der Waals surface area (Å²) in [7, 11) is 0. The molecule has 5 heterocycles. The first kappa shape index (κ1) is 19.8. The van der Waals surface area contributed by atoms with Gasteiger partial charge in [0.2, 0.25) is 0 Å². The monoisotopic (exact) mass is 441 g/mol. The maximum absolute atomic E-state index is 12.5. The first-order valence-electron chi connectivity index (χ1n) is 10.1. The summed E-state index contributed by atoms with van der Waals surface area (Å²) in [5.74, 6) is -0.562. The number of ether oxygens (including phenoxy) is 1. The second kappa shape index (κ2) is 6.94. The predicted molar refractivity (Wildman–Crippen MR) is 116 cm³/mol. The summed E-state index contributed by atoms with van der Waals surface area (Å²) in [5, 5.41) is 2.66. The third-order valence-electron chi connectivity index (χ3n) is 5.53. The van der Waals surface area contributed by atoms with Crippen LogP contribution >= 0.6 is 11.3 Å². The standard InChI is InChI=1S/C21H23N5O4S/c1-21(2,3)30-20(28)26-11-8-12(26)10-25(9-11)19-24-15-13(17(22)27)4-5-14(16(15)29-19)18-23-6-7-31-18/h4-7,11-12H,8-10H2,1-3H3,(H2,22,27). The SMILES string of the molecule is CC(C)(C)OC(=O)N1C2CC1CN(c1nc3c(C(N)=O)ccc(-c4nccs4)c3o1)C2. The lowest BCUT2D eigenvalue weighted by atomic mass is 9.88. The van der Waals surface area contributed by atoms with Gasteiger partial charge >= 0.3 is 6.09 Å². The minimum atomic E-state index is -0.562. The van der Waals surface area contributed by atoms with Gasteiger partial charge in [-0.2, -0.15) is 4.98 Å². The number of fused-ring (bicyclic) bond motifs is 3. The van der Waals surface area contributed by atoms with Crippen molar-refractivity contribution in [2.45, 2.75) is 44.9 Å². The number of rotatable bonds is 3. The molecule has 0 aliphatic carbocycles. The number of hydrogen-bond acceptors (Lipinski definition) is 8. The molecule has 0 spiro atoms. The molecule has 3 aliphatic rings. The Balaban J connectivity index is 1.45. The Hall–Kier alpha value is -3.14. The molecule has 0 radical (unpaired) electrons. The zero-order chi connectivity index (χ0) is 21.9. The number of hydrogen-bond donors (Lipinski definition) is 1. The van der Waals surface area contributed by atoms with E-state index in [1.165, 1.54) is 11.3 Å². The Bertz CT molecular complexity index is 1150. The maximum atomic E-state index is 12.5. The molecule has 1 aromatic carbocycles. The topological polar surface area (TPSA) is 115 Å². The van der Waals surface area contributed by atoms with Crippen LogP contribution in [0.3, 0.4) is 0 Å². The molecule has 9 nitrogen and oxygen atoms in total. The number of nitrogens with two attached hydrogens (primary N) is 1. The van der Waals surface area contributed by atoms with Gasteiger partial charge in [-0.3, -0.25) is 9.69 Å². The van der Waals surface area contributed by atoms with Gasteiger partial charge in [0.25, 0.3) is 11.9 Å². The van der Waals surface area contributed by atoms with E-state index in [-0.39, 0.29) is 18.2 Å². The second-order valence-electron chi connectivity index (χ2n) is 8.87. The Morgan fingerprint density at radius 3 is 2.61 bits per heavy atom. The first-order chi connectivity index (χ1) is 14.7. The van der Waals surface area contributed by atoms with E-state index in [9.17, 15) is 9.59 Å².